The van der Waals surface area contributed by atoms with Gasteiger partial charge in [0.15, 0.2) is 0 Å². The van der Waals surface area contributed by atoms with E-state index in [0.29, 0.717) is 18.5 Å². The predicted octanol–water partition coefficient (Wildman–Crippen LogP) is 0.759. The smallest absolute Gasteiger partial charge is 0.311 e. The Morgan fingerprint density at radius 2 is 2.00 bits per heavy atom. The first-order chi connectivity index (χ1) is 9.99. The Hall–Kier alpha value is -2.08. The van der Waals surface area contributed by atoms with E-state index in [2.05, 4.69) is 0 Å². The molecule has 0 aliphatic carbocycles. The first-order valence-electron chi connectivity index (χ1n) is 6.89. The van der Waals surface area contributed by atoms with E-state index < -0.39 is 11.9 Å². The largest absolute Gasteiger partial charge is 0.481 e. The number of aryl methyl sites for hydroxylation is 1. The van der Waals surface area contributed by atoms with Crippen molar-refractivity contribution < 1.29 is 19.4 Å². The van der Waals surface area contributed by atoms with Gasteiger partial charge in [0.25, 0.3) is 0 Å². The topological polar surface area (TPSA) is 92.9 Å². The van der Waals surface area contributed by atoms with Crippen LogP contribution in [-0.4, -0.2) is 48.2 Å². The number of likely N-dealkylation sites (N-methyl/N-ethyl adjacent to an activating group) is 1. The minimum atomic E-state index is -0.921. The zero-order valence-electron chi connectivity index (χ0n) is 12.0. The number of nitrogen functional groups attached to an aromatic ring is 1. The summed E-state index contributed by atoms with van der Waals surface area (Å²) in [5, 5.41) is 9.12. The molecule has 114 valence electrons. The number of nitrogens with two attached hydrogens (primary N) is 1. The molecule has 1 aromatic carbocycles. The van der Waals surface area contributed by atoms with Gasteiger partial charge in [-0.25, -0.2) is 0 Å². The van der Waals surface area contributed by atoms with E-state index in [4.69, 9.17) is 15.6 Å². The Kier molecular flexibility index (Phi) is 4.80. The Bertz CT molecular complexity index is 515. The minimum absolute atomic E-state index is 0.0754. The zero-order chi connectivity index (χ0) is 15.4. The lowest BCUT2D eigenvalue weighted by Crippen LogP contribution is -2.44. The highest BCUT2D eigenvalue weighted by Crippen LogP contribution is 2.20. The SMILES string of the molecule is CN(C(=O)CCc1ccc(N)cc1)C1COCC1C(=O)O. The molecule has 1 amide bonds. The number of carboxylic acids is 1. The van der Waals surface area contributed by atoms with Crippen LogP contribution in [0.3, 0.4) is 0 Å². The highest BCUT2D eigenvalue weighted by Gasteiger charge is 2.38. The first kappa shape index (κ1) is 15.3. The van der Waals surface area contributed by atoms with Crippen molar-refractivity contribution in [1.82, 2.24) is 4.90 Å². The zero-order valence-corrected chi connectivity index (χ0v) is 12.0. The summed E-state index contributed by atoms with van der Waals surface area (Å²) in [6, 6.07) is 6.99. The standard InChI is InChI=1S/C15H20N2O4/c1-17(13-9-21-8-12(13)15(19)20)14(18)7-4-10-2-5-11(16)6-3-10/h2-3,5-6,12-13H,4,7-9,16H2,1H3,(H,19,20). The number of benzene rings is 1. The number of rotatable bonds is 5. The van der Waals surface area contributed by atoms with E-state index in [1.807, 2.05) is 12.1 Å². The fourth-order valence-electron chi connectivity index (χ4n) is 2.46. The van der Waals surface area contributed by atoms with Crippen LogP contribution in [0.2, 0.25) is 0 Å². The average Bonchev–Trinajstić information content (AvgIpc) is 2.95. The molecule has 2 rings (SSSR count). The van der Waals surface area contributed by atoms with E-state index in [-0.39, 0.29) is 25.2 Å². The molecule has 2 unspecified atom stereocenters. The Morgan fingerprint density at radius 1 is 1.33 bits per heavy atom. The van der Waals surface area contributed by atoms with Gasteiger partial charge in [-0.2, -0.15) is 0 Å². The monoisotopic (exact) mass is 292 g/mol. The number of carbonyl (C=O) groups excluding carboxylic acids is 1. The van der Waals surface area contributed by atoms with Crippen molar-refractivity contribution in [2.24, 2.45) is 5.92 Å². The normalized spacial score (nSPS) is 21.2. The molecule has 1 saturated heterocycles. The number of nitrogens with zero attached hydrogens (tertiary/aromatic N) is 1. The summed E-state index contributed by atoms with van der Waals surface area (Å²) in [6.07, 6.45) is 0.942. The molecular formula is C15H20N2O4. The van der Waals surface area contributed by atoms with Crippen LogP contribution in [0, 0.1) is 5.92 Å². The lowest BCUT2D eigenvalue weighted by atomic mass is 10.0. The number of anilines is 1. The molecule has 0 spiro atoms. The molecule has 1 aromatic rings. The van der Waals surface area contributed by atoms with Gasteiger partial charge in [0.05, 0.1) is 19.3 Å². The molecule has 1 aliphatic heterocycles. The second kappa shape index (κ2) is 6.58. The van der Waals surface area contributed by atoms with E-state index in [1.165, 1.54) is 4.90 Å². The first-order valence-corrected chi connectivity index (χ1v) is 6.89. The lowest BCUT2D eigenvalue weighted by molar-refractivity contribution is -0.144. The third-order valence-corrected chi connectivity index (χ3v) is 3.87. The van der Waals surface area contributed by atoms with Crippen LogP contribution < -0.4 is 5.73 Å². The van der Waals surface area contributed by atoms with Crippen molar-refractivity contribution in [2.75, 3.05) is 26.0 Å². The van der Waals surface area contributed by atoms with Crippen LogP contribution in [-0.2, 0) is 20.7 Å². The Labute approximate surface area is 123 Å². The van der Waals surface area contributed by atoms with Gasteiger partial charge in [0.1, 0.15) is 5.92 Å². The van der Waals surface area contributed by atoms with E-state index >= 15 is 0 Å². The Balaban J connectivity index is 1.90. The molecule has 6 heteroatoms. The van der Waals surface area contributed by atoms with Crippen molar-refractivity contribution >= 4 is 17.6 Å². The molecule has 21 heavy (non-hydrogen) atoms. The molecule has 1 aliphatic rings. The summed E-state index contributed by atoms with van der Waals surface area (Å²) in [5.41, 5.74) is 7.33. The van der Waals surface area contributed by atoms with Gasteiger partial charge >= 0.3 is 5.97 Å². The van der Waals surface area contributed by atoms with Crippen molar-refractivity contribution in [3.05, 3.63) is 29.8 Å². The number of carbonyl (C=O) groups is 2. The molecule has 1 fully saturated rings. The summed E-state index contributed by atoms with van der Waals surface area (Å²) >= 11 is 0. The third kappa shape index (κ3) is 3.72. The minimum Gasteiger partial charge on any atom is -0.481 e. The predicted molar refractivity (Wildman–Crippen MR) is 77.7 cm³/mol. The number of carboxylic acid groups (broad SMARTS) is 1. The highest BCUT2D eigenvalue weighted by molar-refractivity contribution is 5.78. The lowest BCUT2D eigenvalue weighted by Gasteiger charge is -2.26. The fraction of sp³-hybridized carbons (Fsp3) is 0.467. The highest BCUT2D eigenvalue weighted by atomic mass is 16.5. The van der Waals surface area contributed by atoms with Crippen LogP contribution in [0.15, 0.2) is 24.3 Å². The number of hydrogen-bond acceptors (Lipinski definition) is 4. The van der Waals surface area contributed by atoms with Crippen molar-refractivity contribution in [3.63, 3.8) is 0 Å². The molecule has 0 saturated carbocycles. The van der Waals surface area contributed by atoms with Crippen molar-refractivity contribution in [3.8, 4) is 0 Å². The van der Waals surface area contributed by atoms with E-state index in [9.17, 15) is 9.59 Å². The number of ether oxygens (including phenoxy) is 1. The average molecular weight is 292 g/mol. The molecular weight excluding hydrogens is 272 g/mol. The van der Waals surface area contributed by atoms with E-state index in [0.717, 1.165) is 5.56 Å². The molecule has 1 heterocycles. The molecule has 0 radical (unpaired) electrons. The van der Waals surface area contributed by atoms with Crippen molar-refractivity contribution in [1.29, 1.82) is 0 Å². The van der Waals surface area contributed by atoms with Crippen LogP contribution in [0.25, 0.3) is 0 Å². The summed E-state index contributed by atoms with van der Waals surface area (Å²) < 4.78 is 5.19. The number of amides is 1. The molecule has 6 nitrogen and oxygen atoms in total. The van der Waals surface area contributed by atoms with Crippen molar-refractivity contribution in [2.45, 2.75) is 18.9 Å². The van der Waals surface area contributed by atoms with Gasteiger partial charge in [0.2, 0.25) is 5.91 Å². The Morgan fingerprint density at radius 3 is 2.62 bits per heavy atom. The van der Waals surface area contributed by atoms with E-state index in [1.54, 1.807) is 19.2 Å². The van der Waals surface area contributed by atoms with Gasteiger partial charge in [-0.3, -0.25) is 9.59 Å². The molecule has 2 atom stereocenters. The van der Waals surface area contributed by atoms with Gasteiger partial charge in [-0.1, -0.05) is 12.1 Å². The second-order valence-electron chi connectivity index (χ2n) is 5.30. The van der Waals surface area contributed by atoms with Crippen LogP contribution in [0.4, 0.5) is 5.69 Å². The molecule has 0 bridgehead atoms. The molecule has 3 N–H and O–H groups in total. The second-order valence-corrected chi connectivity index (χ2v) is 5.30. The number of aliphatic carboxylic acids is 1. The fourth-order valence-corrected chi connectivity index (χ4v) is 2.46. The summed E-state index contributed by atoms with van der Waals surface area (Å²) in [4.78, 5) is 24.8. The van der Waals surface area contributed by atoms with Crippen LogP contribution in [0.1, 0.15) is 12.0 Å². The maximum absolute atomic E-state index is 12.2. The van der Waals surface area contributed by atoms with Gasteiger partial charge < -0.3 is 20.5 Å². The quantitative estimate of drug-likeness (QED) is 0.782. The van der Waals surface area contributed by atoms with Gasteiger partial charge in [-0.15, -0.1) is 0 Å². The number of hydrogen-bond donors (Lipinski definition) is 2. The summed E-state index contributed by atoms with van der Waals surface area (Å²) in [5.74, 6) is -1.64. The molecule has 0 aromatic heterocycles. The summed E-state index contributed by atoms with van der Waals surface area (Å²) in [7, 11) is 1.64. The maximum Gasteiger partial charge on any atom is 0.311 e. The summed E-state index contributed by atoms with van der Waals surface area (Å²) in [6.45, 7) is 0.441. The third-order valence-electron chi connectivity index (χ3n) is 3.87. The van der Waals surface area contributed by atoms with Crippen LogP contribution >= 0.6 is 0 Å². The van der Waals surface area contributed by atoms with Gasteiger partial charge in [0, 0.05) is 19.2 Å². The maximum atomic E-state index is 12.2. The van der Waals surface area contributed by atoms with Gasteiger partial charge in [-0.05, 0) is 24.1 Å². The van der Waals surface area contributed by atoms with Crippen LogP contribution in [0.5, 0.6) is 0 Å².